The molecule has 17 heteroatoms. The molecule has 2 bridgehead atoms. The molecule has 4 atom stereocenters. The number of fused-ring (bicyclic) bond motifs is 2. The molecule has 7 heterocycles. The maximum absolute atomic E-state index is 13.6. The van der Waals surface area contributed by atoms with Crippen LogP contribution in [0.3, 0.4) is 0 Å². The Morgan fingerprint density at radius 2 is 1.60 bits per heavy atom. The smallest absolute Gasteiger partial charge is 0.243 e. The number of aryl methyl sites for hydroxylation is 1. The van der Waals surface area contributed by atoms with Gasteiger partial charge in [0.15, 0.2) is 5.82 Å². The first-order chi connectivity index (χ1) is 33.7. The third-order valence-electron chi connectivity index (χ3n) is 15.3. The van der Waals surface area contributed by atoms with Gasteiger partial charge in [0.1, 0.15) is 17.5 Å². The number of thiazole rings is 1. The number of rotatable bonds is 12. The van der Waals surface area contributed by atoms with E-state index in [1.54, 1.807) is 28.4 Å². The highest BCUT2D eigenvalue weighted by Gasteiger charge is 2.43. The number of carbonyl (C=O) groups excluding carboxylic acids is 2. The first-order valence-corrected chi connectivity index (χ1v) is 26.1. The van der Waals surface area contributed by atoms with E-state index in [0.717, 1.165) is 117 Å². The molecule has 5 aliphatic rings. The van der Waals surface area contributed by atoms with Crippen LogP contribution in [0.1, 0.15) is 108 Å². The number of carbonyl (C=O) groups is 2. The number of benzene rings is 2. The number of hydrogen-bond acceptors (Lipinski definition) is 15. The van der Waals surface area contributed by atoms with Crippen molar-refractivity contribution in [3.8, 4) is 33.2 Å². The van der Waals surface area contributed by atoms with Gasteiger partial charge < -0.3 is 45.6 Å². The minimum absolute atomic E-state index is 0.0547. The summed E-state index contributed by atoms with van der Waals surface area (Å²) in [4.78, 5) is 51.3. The normalized spacial score (nSPS) is 24.3. The largest absolute Gasteiger partial charge is 0.507 e. The number of hydrogen-bond donors (Lipinski definition) is 4. The second-order valence-corrected chi connectivity index (χ2v) is 22.2. The maximum Gasteiger partial charge on any atom is 0.243 e. The molecule has 2 amide bonds. The Bertz CT molecular complexity index is 2650. The zero-order chi connectivity index (χ0) is 48.7. The number of phenolic OH excluding ortho intramolecular Hbond substituents is 1. The number of likely N-dealkylation sites (tertiary alicyclic amines) is 2. The molecule has 4 aliphatic heterocycles. The lowest BCUT2D eigenvalue weighted by atomic mass is 9.87. The highest BCUT2D eigenvalue weighted by molar-refractivity contribution is 7.13. The van der Waals surface area contributed by atoms with Gasteiger partial charge in [0.05, 0.1) is 39.7 Å². The van der Waals surface area contributed by atoms with Crippen molar-refractivity contribution in [3.05, 3.63) is 83.3 Å². The fourth-order valence-electron chi connectivity index (χ4n) is 11.6. The van der Waals surface area contributed by atoms with E-state index in [4.69, 9.17) is 20.4 Å². The van der Waals surface area contributed by atoms with Gasteiger partial charge in [-0.3, -0.25) is 9.59 Å². The van der Waals surface area contributed by atoms with Crippen LogP contribution in [0.25, 0.3) is 21.7 Å². The first-order valence-electron chi connectivity index (χ1n) is 25.2. The van der Waals surface area contributed by atoms with Crippen molar-refractivity contribution in [1.82, 2.24) is 40.3 Å². The van der Waals surface area contributed by atoms with Gasteiger partial charge in [0.2, 0.25) is 17.8 Å². The number of aliphatic hydroxyl groups excluding tert-OH is 1. The zero-order valence-corrected chi connectivity index (χ0v) is 41.7. The molecule has 370 valence electrons. The van der Waals surface area contributed by atoms with E-state index >= 15 is 0 Å². The van der Waals surface area contributed by atoms with Gasteiger partial charge in [-0.15, -0.1) is 21.5 Å². The second kappa shape index (κ2) is 20.1. The van der Waals surface area contributed by atoms with Crippen LogP contribution in [-0.4, -0.2) is 126 Å². The molecule has 2 unspecified atom stereocenters. The maximum atomic E-state index is 13.6. The Kier molecular flexibility index (Phi) is 13.7. The molecule has 0 radical (unpaired) electrons. The van der Waals surface area contributed by atoms with Crippen molar-refractivity contribution in [2.24, 2.45) is 5.41 Å². The topological polar surface area (TPSA) is 199 Å². The summed E-state index contributed by atoms with van der Waals surface area (Å²) in [7, 11) is 0. The van der Waals surface area contributed by atoms with E-state index in [1.807, 2.05) is 57.5 Å². The molecule has 5 aromatic rings. The number of nitrogens with two attached hydrogens (primary N) is 1. The Balaban J connectivity index is 0.723. The van der Waals surface area contributed by atoms with Gasteiger partial charge in [-0.05, 0) is 118 Å². The summed E-state index contributed by atoms with van der Waals surface area (Å²) in [5.41, 5.74) is 14.2. The molecule has 1 saturated carbocycles. The molecule has 3 aromatic heterocycles. The summed E-state index contributed by atoms with van der Waals surface area (Å²) in [6.07, 6.45) is 12.3. The minimum atomic E-state index is -0.724. The first kappa shape index (κ1) is 47.8. The third kappa shape index (κ3) is 10.3. The molecule has 0 spiro atoms. The van der Waals surface area contributed by atoms with Crippen LogP contribution in [0.5, 0.6) is 11.5 Å². The van der Waals surface area contributed by atoms with Gasteiger partial charge in [-0.1, -0.05) is 45.0 Å². The summed E-state index contributed by atoms with van der Waals surface area (Å²) < 4.78 is 6.86. The lowest BCUT2D eigenvalue weighted by Crippen LogP contribution is -2.54. The van der Waals surface area contributed by atoms with Gasteiger partial charge in [0.25, 0.3) is 0 Å². The number of amides is 2. The second-order valence-electron chi connectivity index (χ2n) is 21.4. The SMILES string of the molecule is Cc1ncsc1-c1ccc(CNC(=O)[C@@H]2C[C@@H](O)CN2C(=O)CC(C)(C)C)c(O[C@H]2CC[C@H](N3CCC(c4cnc(N5C6CCC5CN(c5cc(-c7ccccc7O)nnc5N)C6)nc4)CC3)CC2)c1. The number of para-hydroxylation sites is 1. The van der Waals surface area contributed by atoms with Crippen LogP contribution in [0.2, 0.25) is 0 Å². The highest BCUT2D eigenvalue weighted by atomic mass is 32.1. The van der Waals surface area contributed by atoms with Gasteiger partial charge >= 0.3 is 0 Å². The summed E-state index contributed by atoms with van der Waals surface area (Å²) in [6, 6.07) is 15.6. The number of ether oxygens (including phenoxy) is 1. The number of piperazine rings is 1. The molecule has 5 N–H and O–H groups in total. The van der Waals surface area contributed by atoms with Crippen molar-refractivity contribution in [1.29, 1.82) is 0 Å². The van der Waals surface area contributed by atoms with Gasteiger partial charge in [-0.2, -0.15) is 0 Å². The van der Waals surface area contributed by atoms with Crippen LogP contribution in [-0.2, 0) is 16.1 Å². The van der Waals surface area contributed by atoms with Crippen molar-refractivity contribution in [3.63, 3.8) is 0 Å². The summed E-state index contributed by atoms with van der Waals surface area (Å²) in [5.74, 6) is 2.17. The molecule has 1 aliphatic carbocycles. The van der Waals surface area contributed by atoms with Crippen molar-refractivity contribution in [2.75, 3.05) is 48.3 Å². The van der Waals surface area contributed by atoms with E-state index in [2.05, 4.69) is 59.7 Å². The fourth-order valence-corrected chi connectivity index (χ4v) is 12.4. The van der Waals surface area contributed by atoms with Gasteiger partial charge in [-0.25, -0.2) is 15.0 Å². The molecule has 4 saturated heterocycles. The Hall–Kier alpha value is -5.91. The minimum Gasteiger partial charge on any atom is -0.507 e. The number of phenols is 1. The Morgan fingerprint density at radius 1 is 0.886 bits per heavy atom. The summed E-state index contributed by atoms with van der Waals surface area (Å²) in [5, 5.41) is 32.6. The predicted molar refractivity (Wildman–Crippen MR) is 272 cm³/mol. The molecule has 70 heavy (non-hydrogen) atoms. The Labute approximate surface area is 414 Å². The number of β-amino-alcohol motifs (C(OH)–C–C–N with tert-alkyl or cyclic N) is 1. The third-order valence-corrected chi connectivity index (χ3v) is 16.2. The highest BCUT2D eigenvalue weighted by Crippen LogP contribution is 2.40. The lowest BCUT2D eigenvalue weighted by Gasteiger charge is -2.42. The molecule has 16 nitrogen and oxygen atoms in total. The number of piperidine rings is 1. The standard InChI is InChI=1S/C53H67N11O5S/c1-32-49(70-31-58-32)34-9-10-35(25-55-51(68)45-22-40(65)30-63(45)48(67)24-53(2,3)4)47(21-34)69-41-15-13-37(14-16-41)61-19-17-33(18-20-61)36-26-56-52(57-27-36)64-38-11-12-39(64)29-62(28-38)44-23-43(59-60-50(44)54)42-7-5-6-8-46(42)66/h5-10,21,23,26-27,31,33,37-41,45,65-66H,11-20,22,24-25,28-30H2,1-4H3,(H2,54,60)(H,55,68)/t37-,38?,39?,40-,41-,45+/m1/s1. The van der Waals surface area contributed by atoms with E-state index < -0.39 is 12.1 Å². The quantitative estimate of drug-likeness (QED) is 0.0988. The van der Waals surface area contributed by atoms with Crippen LogP contribution >= 0.6 is 11.3 Å². The molecular formula is C53H67N11O5S. The van der Waals surface area contributed by atoms with Crippen molar-refractivity contribution >= 4 is 40.6 Å². The van der Waals surface area contributed by atoms with E-state index in [0.29, 0.717) is 35.5 Å². The number of aromatic hydroxyl groups is 1. The average Bonchev–Trinajstić information content (AvgIpc) is 4.05. The lowest BCUT2D eigenvalue weighted by molar-refractivity contribution is -0.140. The molecule has 2 aromatic carbocycles. The fraction of sp³-hybridized carbons (Fsp3) is 0.528. The average molecular weight is 970 g/mol. The van der Waals surface area contributed by atoms with Crippen LogP contribution in [0, 0.1) is 12.3 Å². The molecular weight excluding hydrogens is 903 g/mol. The van der Waals surface area contributed by atoms with Crippen LogP contribution in [0.15, 0.2) is 66.4 Å². The zero-order valence-electron chi connectivity index (χ0n) is 40.8. The van der Waals surface area contributed by atoms with E-state index in [-0.39, 0.29) is 60.7 Å². The monoisotopic (exact) mass is 970 g/mol. The number of nitrogen functional groups attached to an aromatic ring is 1. The van der Waals surface area contributed by atoms with Crippen LogP contribution < -0.4 is 25.6 Å². The van der Waals surface area contributed by atoms with Gasteiger partial charge in [0, 0.05) is 80.7 Å². The number of nitrogens with one attached hydrogen (secondary N) is 1. The van der Waals surface area contributed by atoms with Crippen molar-refractivity contribution in [2.45, 2.75) is 141 Å². The molecule has 10 rings (SSSR count). The number of nitrogens with zero attached hydrogens (tertiary/aromatic N) is 9. The Morgan fingerprint density at radius 3 is 2.29 bits per heavy atom. The predicted octanol–water partition coefficient (Wildman–Crippen LogP) is 7.09. The van der Waals surface area contributed by atoms with Crippen LogP contribution in [0.4, 0.5) is 17.5 Å². The van der Waals surface area contributed by atoms with Crippen molar-refractivity contribution < 1.29 is 24.5 Å². The number of aromatic nitrogens is 5. The number of aliphatic hydroxyl groups is 1. The van der Waals surface area contributed by atoms with E-state index in [1.165, 1.54) is 5.56 Å². The summed E-state index contributed by atoms with van der Waals surface area (Å²) in [6.45, 7) is 12.1. The summed E-state index contributed by atoms with van der Waals surface area (Å²) >= 11 is 1.60. The molecule has 5 fully saturated rings. The van der Waals surface area contributed by atoms with E-state index in [9.17, 15) is 19.8 Å². The number of anilines is 3.